The van der Waals surface area contributed by atoms with Crippen LogP contribution in [0.3, 0.4) is 0 Å². The van der Waals surface area contributed by atoms with Crippen LogP contribution in [0.2, 0.25) is 0 Å². The molecule has 1 heterocycles. The van der Waals surface area contributed by atoms with Gasteiger partial charge < -0.3 is 5.32 Å². The SMILES string of the molecule is CCNC1CCC(N2CCCC2C(C)C)CC1. The molecule has 0 spiro atoms. The first kappa shape index (κ1) is 13.4. The first-order chi connectivity index (χ1) is 8.22. The van der Waals surface area contributed by atoms with Crippen LogP contribution in [0.25, 0.3) is 0 Å². The standard InChI is InChI=1S/C15H30N2/c1-4-16-13-7-9-14(10-8-13)17-11-5-6-15(17)12(2)3/h12-16H,4-11H2,1-3H3. The topological polar surface area (TPSA) is 15.3 Å². The van der Waals surface area contributed by atoms with Crippen LogP contribution in [-0.4, -0.2) is 36.1 Å². The van der Waals surface area contributed by atoms with Crippen LogP contribution in [0.15, 0.2) is 0 Å². The van der Waals surface area contributed by atoms with Crippen LogP contribution in [0.1, 0.15) is 59.3 Å². The fourth-order valence-electron chi connectivity index (χ4n) is 3.88. The summed E-state index contributed by atoms with van der Waals surface area (Å²) < 4.78 is 0. The molecule has 1 aliphatic heterocycles. The summed E-state index contributed by atoms with van der Waals surface area (Å²) in [6.45, 7) is 9.51. The van der Waals surface area contributed by atoms with Gasteiger partial charge in [-0.05, 0) is 57.5 Å². The molecule has 1 atom stereocenters. The predicted molar refractivity (Wildman–Crippen MR) is 74.3 cm³/mol. The second-order valence-corrected chi connectivity index (χ2v) is 6.25. The second-order valence-electron chi connectivity index (χ2n) is 6.25. The molecule has 0 amide bonds. The maximum Gasteiger partial charge on any atom is 0.0122 e. The third kappa shape index (κ3) is 3.23. The van der Waals surface area contributed by atoms with Crippen LogP contribution < -0.4 is 5.32 Å². The minimum Gasteiger partial charge on any atom is -0.314 e. The Morgan fingerprint density at radius 2 is 1.82 bits per heavy atom. The Morgan fingerprint density at radius 3 is 2.41 bits per heavy atom. The third-order valence-corrected chi connectivity index (χ3v) is 4.77. The van der Waals surface area contributed by atoms with Gasteiger partial charge in [0.1, 0.15) is 0 Å². The smallest absolute Gasteiger partial charge is 0.0122 e. The third-order valence-electron chi connectivity index (χ3n) is 4.77. The summed E-state index contributed by atoms with van der Waals surface area (Å²) in [4.78, 5) is 2.84. The zero-order valence-electron chi connectivity index (χ0n) is 11.9. The van der Waals surface area contributed by atoms with Gasteiger partial charge in [0.15, 0.2) is 0 Å². The zero-order valence-corrected chi connectivity index (χ0v) is 11.9. The number of rotatable bonds is 4. The number of nitrogens with zero attached hydrogens (tertiary/aromatic N) is 1. The van der Waals surface area contributed by atoms with E-state index < -0.39 is 0 Å². The first-order valence-corrected chi connectivity index (χ1v) is 7.71. The lowest BCUT2D eigenvalue weighted by Gasteiger charge is -2.39. The van der Waals surface area contributed by atoms with E-state index in [1.165, 1.54) is 45.1 Å². The van der Waals surface area contributed by atoms with Gasteiger partial charge in [-0.3, -0.25) is 4.90 Å². The van der Waals surface area contributed by atoms with Crippen LogP contribution in [0.5, 0.6) is 0 Å². The summed E-state index contributed by atoms with van der Waals surface area (Å²) in [5.41, 5.74) is 0. The highest BCUT2D eigenvalue weighted by molar-refractivity contribution is 4.90. The maximum absolute atomic E-state index is 3.61. The van der Waals surface area contributed by atoms with Gasteiger partial charge in [0.05, 0.1) is 0 Å². The molecule has 0 aromatic heterocycles. The molecular weight excluding hydrogens is 208 g/mol. The van der Waals surface area contributed by atoms with Crippen molar-refractivity contribution in [2.24, 2.45) is 5.92 Å². The second kappa shape index (κ2) is 6.19. The maximum atomic E-state index is 3.61. The fourth-order valence-corrected chi connectivity index (χ4v) is 3.88. The molecule has 0 aromatic rings. The van der Waals surface area contributed by atoms with Crippen LogP contribution in [0, 0.1) is 5.92 Å². The van der Waals surface area contributed by atoms with Crippen molar-refractivity contribution >= 4 is 0 Å². The van der Waals surface area contributed by atoms with E-state index in [0.29, 0.717) is 0 Å². The molecule has 2 aliphatic rings. The Morgan fingerprint density at radius 1 is 1.12 bits per heavy atom. The summed E-state index contributed by atoms with van der Waals surface area (Å²) in [5.74, 6) is 0.837. The van der Waals surface area contributed by atoms with Crippen molar-refractivity contribution in [1.29, 1.82) is 0 Å². The number of nitrogens with one attached hydrogen (secondary N) is 1. The molecule has 1 saturated carbocycles. The molecule has 0 bridgehead atoms. The van der Waals surface area contributed by atoms with Crippen molar-refractivity contribution in [1.82, 2.24) is 10.2 Å². The van der Waals surface area contributed by atoms with Gasteiger partial charge >= 0.3 is 0 Å². The molecular formula is C15H30N2. The van der Waals surface area contributed by atoms with Crippen molar-refractivity contribution in [3.05, 3.63) is 0 Å². The Bertz CT molecular complexity index is 219. The van der Waals surface area contributed by atoms with E-state index >= 15 is 0 Å². The summed E-state index contributed by atoms with van der Waals surface area (Å²) in [6.07, 6.45) is 8.47. The van der Waals surface area contributed by atoms with E-state index in [2.05, 4.69) is 31.0 Å². The van der Waals surface area contributed by atoms with E-state index in [1.54, 1.807) is 0 Å². The molecule has 1 unspecified atom stereocenters. The fraction of sp³-hybridized carbons (Fsp3) is 1.00. The van der Waals surface area contributed by atoms with E-state index in [4.69, 9.17) is 0 Å². The average molecular weight is 238 g/mol. The van der Waals surface area contributed by atoms with Gasteiger partial charge in [0.2, 0.25) is 0 Å². The Labute approximate surface area is 107 Å². The van der Waals surface area contributed by atoms with Crippen molar-refractivity contribution in [2.75, 3.05) is 13.1 Å². The Kier molecular flexibility index (Phi) is 4.87. The Balaban J connectivity index is 1.83. The molecule has 2 fully saturated rings. The van der Waals surface area contributed by atoms with Crippen LogP contribution in [0.4, 0.5) is 0 Å². The molecule has 2 heteroatoms. The molecule has 1 aliphatic carbocycles. The summed E-state index contributed by atoms with van der Waals surface area (Å²) in [6, 6.07) is 2.56. The van der Waals surface area contributed by atoms with Gasteiger partial charge in [0, 0.05) is 18.1 Å². The quantitative estimate of drug-likeness (QED) is 0.810. The number of hydrogen-bond acceptors (Lipinski definition) is 2. The van der Waals surface area contributed by atoms with Crippen LogP contribution >= 0.6 is 0 Å². The van der Waals surface area contributed by atoms with Crippen LogP contribution in [-0.2, 0) is 0 Å². The molecule has 0 radical (unpaired) electrons. The van der Waals surface area contributed by atoms with Crippen molar-refractivity contribution < 1.29 is 0 Å². The largest absolute Gasteiger partial charge is 0.314 e. The molecule has 100 valence electrons. The summed E-state index contributed by atoms with van der Waals surface area (Å²) in [5, 5.41) is 3.61. The minimum atomic E-state index is 0.802. The van der Waals surface area contributed by atoms with E-state index in [9.17, 15) is 0 Å². The molecule has 1 saturated heterocycles. The molecule has 0 aromatic carbocycles. The lowest BCUT2D eigenvalue weighted by atomic mass is 9.88. The summed E-state index contributed by atoms with van der Waals surface area (Å²) >= 11 is 0. The van der Waals surface area contributed by atoms with Gasteiger partial charge in [-0.2, -0.15) is 0 Å². The highest BCUT2D eigenvalue weighted by Gasteiger charge is 2.34. The normalized spacial score (nSPS) is 35.6. The molecule has 2 rings (SSSR count). The Hall–Kier alpha value is -0.0800. The predicted octanol–water partition coefficient (Wildman–Crippen LogP) is 3.03. The van der Waals surface area contributed by atoms with Gasteiger partial charge in [-0.1, -0.05) is 20.8 Å². The van der Waals surface area contributed by atoms with Gasteiger partial charge in [-0.25, -0.2) is 0 Å². The summed E-state index contributed by atoms with van der Waals surface area (Å²) in [7, 11) is 0. The van der Waals surface area contributed by atoms with E-state index in [0.717, 1.165) is 30.6 Å². The van der Waals surface area contributed by atoms with Gasteiger partial charge in [-0.15, -0.1) is 0 Å². The van der Waals surface area contributed by atoms with E-state index in [1.807, 2.05) is 0 Å². The number of hydrogen-bond donors (Lipinski definition) is 1. The van der Waals surface area contributed by atoms with Crippen molar-refractivity contribution in [3.8, 4) is 0 Å². The van der Waals surface area contributed by atoms with Crippen molar-refractivity contribution in [3.63, 3.8) is 0 Å². The van der Waals surface area contributed by atoms with Gasteiger partial charge in [0.25, 0.3) is 0 Å². The number of likely N-dealkylation sites (tertiary alicyclic amines) is 1. The molecule has 1 N–H and O–H groups in total. The minimum absolute atomic E-state index is 0.802. The highest BCUT2D eigenvalue weighted by Crippen LogP contribution is 2.32. The monoisotopic (exact) mass is 238 g/mol. The lowest BCUT2D eigenvalue weighted by Crippen LogP contribution is -2.45. The molecule has 17 heavy (non-hydrogen) atoms. The molecule has 2 nitrogen and oxygen atoms in total. The first-order valence-electron chi connectivity index (χ1n) is 7.71. The van der Waals surface area contributed by atoms with E-state index in [-0.39, 0.29) is 0 Å². The zero-order chi connectivity index (χ0) is 12.3. The lowest BCUT2D eigenvalue weighted by molar-refractivity contribution is 0.108. The highest BCUT2D eigenvalue weighted by atomic mass is 15.2. The average Bonchev–Trinajstić information content (AvgIpc) is 2.79. The van der Waals surface area contributed by atoms with Crippen molar-refractivity contribution in [2.45, 2.75) is 77.4 Å².